The van der Waals surface area contributed by atoms with Gasteiger partial charge in [0.2, 0.25) is 0 Å². The monoisotopic (exact) mass is 270 g/mol. The van der Waals surface area contributed by atoms with Crippen LogP contribution in [0.25, 0.3) is 0 Å². The molecule has 0 heterocycles. The van der Waals surface area contributed by atoms with Crippen molar-refractivity contribution in [3.05, 3.63) is 59.7 Å². The number of amides is 1. The zero-order chi connectivity index (χ0) is 14.4. The first-order valence-electron chi connectivity index (χ1n) is 5.96. The topological polar surface area (TPSA) is 70.9 Å². The molecule has 0 fully saturated rings. The number of hydrogen-bond acceptors (Lipinski definition) is 4. The van der Waals surface area contributed by atoms with E-state index in [0.29, 0.717) is 11.3 Å². The van der Waals surface area contributed by atoms with Gasteiger partial charge >= 0.3 is 0 Å². The number of benzene rings is 2. The van der Waals surface area contributed by atoms with Crippen molar-refractivity contribution in [3.63, 3.8) is 0 Å². The quantitative estimate of drug-likeness (QED) is 0.662. The van der Waals surface area contributed by atoms with E-state index in [-0.39, 0.29) is 11.7 Å². The fourth-order valence-electron chi connectivity index (χ4n) is 1.62. The molecule has 0 unspecified atom stereocenters. The maximum atomic E-state index is 12.0. The van der Waals surface area contributed by atoms with Crippen LogP contribution in [0, 0.1) is 0 Å². The summed E-state index contributed by atoms with van der Waals surface area (Å²) in [5, 5.41) is 15.7. The molecule has 0 aliphatic rings. The van der Waals surface area contributed by atoms with Crippen molar-refractivity contribution in [2.75, 3.05) is 12.4 Å². The summed E-state index contributed by atoms with van der Waals surface area (Å²) in [6, 6.07) is 13.3. The van der Waals surface area contributed by atoms with Crippen molar-refractivity contribution in [1.82, 2.24) is 0 Å². The molecule has 0 saturated heterocycles. The third-order valence-electron chi connectivity index (χ3n) is 2.58. The van der Waals surface area contributed by atoms with Crippen molar-refractivity contribution in [3.8, 4) is 5.75 Å². The average molecular weight is 270 g/mol. The van der Waals surface area contributed by atoms with E-state index in [0.717, 1.165) is 5.56 Å². The van der Waals surface area contributed by atoms with Gasteiger partial charge in [0.25, 0.3) is 5.91 Å². The van der Waals surface area contributed by atoms with Crippen LogP contribution in [0.2, 0.25) is 0 Å². The van der Waals surface area contributed by atoms with Crippen molar-refractivity contribution >= 4 is 17.8 Å². The lowest BCUT2D eigenvalue weighted by molar-refractivity contribution is 0.102. The lowest BCUT2D eigenvalue weighted by Crippen LogP contribution is -2.11. The molecule has 2 rings (SSSR count). The molecule has 1 amide bonds. The van der Waals surface area contributed by atoms with Gasteiger partial charge in [0, 0.05) is 17.3 Å². The molecule has 0 spiro atoms. The number of phenols is 1. The number of nitrogens with one attached hydrogen (secondary N) is 1. The van der Waals surface area contributed by atoms with Crippen LogP contribution >= 0.6 is 0 Å². The normalized spacial score (nSPS) is 10.4. The lowest BCUT2D eigenvalue weighted by Gasteiger charge is -2.05. The Kier molecular flexibility index (Phi) is 4.34. The molecule has 0 bridgehead atoms. The minimum atomic E-state index is -0.245. The van der Waals surface area contributed by atoms with E-state index in [1.807, 2.05) is 0 Å². The summed E-state index contributed by atoms with van der Waals surface area (Å²) in [6.07, 6.45) is 1.55. The molecule has 102 valence electrons. The van der Waals surface area contributed by atoms with Gasteiger partial charge in [0.1, 0.15) is 12.9 Å². The molecule has 0 radical (unpaired) electrons. The van der Waals surface area contributed by atoms with Crippen LogP contribution in [0.5, 0.6) is 5.75 Å². The fraction of sp³-hybridized carbons (Fsp3) is 0.0667. The van der Waals surface area contributed by atoms with E-state index in [1.54, 1.807) is 48.7 Å². The van der Waals surface area contributed by atoms with E-state index in [2.05, 4.69) is 15.3 Å². The zero-order valence-corrected chi connectivity index (χ0v) is 10.9. The molecular weight excluding hydrogens is 256 g/mol. The number of nitrogens with zero attached hydrogens (tertiary/aromatic N) is 1. The number of rotatable bonds is 4. The number of aromatic hydroxyl groups is 1. The Balaban J connectivity index is 2.07. The number of hydrogen-bond donors (Lipinski definition) is 2. The summed E-state index contributed by atoms with van der Waals surface area (Å²) < 4.78 is 0. The van der Waals surface area contributed by atoms with Gasteiger partial charge in [-0.05, 0) is 29.8 Å². The molecule has 0 aliphatic carbocycles. The van der Waals surface area contributed by atoms with Crippen LogP contribution in [0.4, 0.5) is 5.69 Å². The van der Waals surface area contributed by atoms with Crippen LogP contribution < -0.4 is 5.32 Å². The van der Waals surface area contributed by atoms with Crippen LogP contribution in [-0.4, -0.2) is 24.3 Å². The molecule has 2 aromatic rings. The highest BCUT2D eigenvalue weighted by molar-refractivity contribution is 6.04. The molecule has 0 saturated carbocycles. The van der Waals surface area contributed by atoms with Crippen molar-refractivity contribution in [2.24, 2.45) is 5.16 Å². The predicted octanol–water partition coefficient (Wildman–Crippen LogP) is 2.62. The second-order valence-corrected chi connectivity index (χ2v) is 4.04. The fourth-order valence-corrected chi connectivity index (χ4v) is 1.62. The van der Waals surface area contributed by atoms with Gasteiger partial charge in [-0.2, -0.15) is 0 Å². The van der Waals surface area contributed by atoms with Gasteiger partial charge in [-0.25, -0.2) is 0 Å². The smallest absolute Gasteiger partial charge is 0.255 e. The van der Waals surface area contributed by atoms with Gasteiger partial charge in [0.15, 0.2) is 0 Å². The van der Waals surface area contributed by atoms with Crippen LogP contribution in [0.15, 0.2) is 53.7 Å². The number of carbonyl (C=O) groups excluding carboxylic acids is 1. The first-order valence-corrected chi connectivity index (χ1v) is 5.96. The van der Waals surface area contributed by atoms with E-state index < -0.39 is 0 Å². The maximum Gasteiger partial charge on any atom is 0.255 e. The molecule has 0 aliphatic heterocycles. The minimum absolute atomic E-state index is 0.105. The van der Waals surface area contributed by atoms with Gasteiger partial charge in [0.05, 0.1) is 6.21 Å². The highest BCUT2D eigenvalue weighted by atomic mass is 16.6. The second-order valence-electron chi connectivity index (χ2n) is 4.04. The average Bonchev–Trinajstić information content (AvgIpc) is 2.45. The zero-order valence-electron chi connectivity index (χ0n) is 10.9. The number of oxime groups is 1. The van der Waals surface area contributed by atoms with Crippen LogP contribution in [0.3, 0.4) is 0 Å². The van der Waals surface area contributed by atoms with Gasteiger partial charge in [-0.1, -0.05) is 23.4 Å². The standard InChI is InChI=1S/C15H14N2O3/c1-20-16-10-11-5-7-12(8-6-11)15(19)17-13-3-2-4-14(18)9-13/h2-10,18H,1H3,(H,17,19)/b16-10+. The van der Waals surface area contributed by atoms with E-state index in [9.17, 15) is 9.90 Å². The van der Waals surface area contributed by atoms with E-state index >= 15 is 0 Å². The molecule has 2 aromatic carbocycles. The Morgan fingerprint density at radius 1 is 1.25 bits per heavy atom. The van der Waals surface area contributed by atoms with Crippen LogP contribution in [-0.2, 0) is 4.84 Å². The van der Waals surface area contributed by atoms with Crippen LogP contribution in [0.1, 0.15) is 15.9 Å². The molecule has 2 N–H and O–H groups in total. The number of carbonyl (C=O) groups is 1. The van der Waals surface area contributed by atoms with Crippen molar-refractivity contribution < 1.29 is 14.7 Å². The SMILES string of the molecule is CO/N=C/c1ccc(C(=O)Nc2cccc(O)c2)cc1. The van der Waals surface area contributed by atoms with Crippen molar-refractivity contribution in [1.29, 1.82) is 0 Å². The Bertz CT molecular complexity index is 621. The van der Waals surface area contributed by atoms with Gasteiger partial charge in [-0.3, -0.25) is 4.79 Å². The highest BCUT2D eigenvalue weighted by Crippen LogP contribution is 2.16. The Labute approximate surface area is 116 Å². The summed E-state index contributed by atoms with van der Waals surface area (Å²) in [5.41, 5.74) is 1.89. The minimum Gasteiger partial charge on any atom is -0.508 e. The Hall–Kier alpha value is -2.82. The Morgan fingerprint density at radius 3 is 2.65 bits per heavy atom. The number of phenolic OH excluding ortho intramolecular Hbond substituents is 1. The predicted molar refractivity (Wildman–Crippen MR) is 77.1 cm³/mol. The molecular formula is C15H14N2O3. The Morgan fingerprint density at radius 2 is 2.00 bits per heavy atom. The van der Waals surface area contributed by atoms with E-state index in [1.165, 1.54) is 13.2 Å². The third kappa shape index (κ3) is 3.58. The molecule has 0 aromatic heterocycles. The summed E-state index contributed by atoms with van der Waals surface area (Å²) in [4.78, 5) is 16.6. The maximum absolute atomic E-state index is 12.0. The summed E-state index contributed by atoms with van der Waals surface area (Å²) in [6.45, 7) is 0. The largest absolute Gasteiger partial charge is 0.508 e. The highest BCUT2D eigenvalue weighted by Gasteiger charge is 2.06. The third-order valence-corrected chi connectivity index (χ3v) is 2.58. The summed E-state index contributed by atoms with van der Waals surface area (Å²) >= 11 is 0. The molecule has 0 atom stereocenters. The van der Waals surface area contributed by atoms with E-state index in [4.69, 9.17) is 0 Å². The number of anilines is 1. The first kappa shape index (κ1) is 13.6. The van der Waals surface area contributed by atoms with Gasteiger partial charge < -0.3 is 15.3 Å². The second kappa shape index (κ2) is 6.38. The summed E-state index contributed by atoms with van der Waals surface area (Å²) in [5.74, 6) is -0.139. The lowest BCUT2D eigenvalue weighted by atomic mass is 10.1. The molecule has 5 heteroatoms. The summed E-state index contributed by atoms with van der Waals surface area (Å²) in [7, 11) is 1.47. The molecule has 5 nitrogen and oxygen atoms in total. The first-order chi connectivity index (χ1) is 9.69. The van der Waals surface area contributed by atoms with Gasteiger partial charge in [-0.15, -0.1) is 0 Å². The van der Waals surface area contributed by atoms with Crippen molar-refractivity contribution in [2.45, 2.75) is 0 Å². The molecule has 20 heavy (non-hydrogen) atoms.